The van der Waals surface area contributed by atoms with Gasteiger partial charge in [-0.25, -0.2) is 0 Å². The molecule has 0 saturated heterocycles. The molecule has 0 aliphatic rings. The third kappa shape index (κ3) is 5.86. The molecule has 0 radical (unpaired) electrons. The van der Waals surface area contributed by atoms with Gasteiger partial charge < -0.3 is 11.5 Å². The van der Waals surface area contributed by atoms with Gasteiger partial charge in [0.05, 0.1) is 0 Å². The number of thioether (sulfide) groups is 1. The fourth-order valence-corrected chi connectivity index (χ4v) is 1.63. The van der Waals surface area contributed by atoms with Gasteiger partial charge in [0.15, 0.2) is 0 Å². The molecule has 74 valence electrons. The molecule has 0 aliphatic carbocycles. The van der Waals surface area contributed by atoms with Gasteiger partial charge in [-0.05, 0) is 25.0 Å². The first kappa shape index (κ1) is 12.3. The quantitative estimate of drug-likeness (QED) is 0.666. The van der Waals surface area contributed by atoms with E-state index in [4.69, 9.17) is 11.5 Å². The fourth-order valence-electron chi connectivity index (χ4n) is 1.04. The summed E-state index contributed by atoms with van der Waals surface area (Å²) in [6, 6.07) is 0.641. The van der Waals surface area contributed by atoms with Crippen LogP contribution >= 0.6 is 11.8 Å². The first-order valence-electron chi connectivity index (χ1n) is 4.58. The Morgan fingerprint density at radius 2 is 1.75 bits per heavy atom. The van der Waals surface area contributed by atoms with Crippen LogP contribution in [0.25, 0.3) is 0 Å². The number of nitrogens with two attached hydrogens (primary N) is 2. The van der Waals surface area contributed by atoms with Crippen LogP contribution in [-0.2, 0) is 0 Å². The van der Waals surface area contributed by atoms with Crippen molar-refractivity contribution in [3.63, 3.8) is 0 Å². The molecule has 3 heteroatoms. The van der Waals surface area contributed by atoms with Crippen molar-refractivity contribution in [3.8, 4) is 0 Å². The number of rotatable bonds is 6. The maximum absolute atomic E-state index is 5.90. The van der Waals surface area contributed by atoms with Gasteiger partial charge in [-0.2, -0.15) is 11.8 Å². The van der Waals surface area contributed by atoms with Crippen LogP contribution in [0.15, 0.2) is 0 Å². The van der Waals surface area contributed by atoms with Crippen LogP contribution < -0.4 is 11.5 Å². The predicted molar refractivity (Wildman–Crippen MR) is 58.4 cm³/mol. The lowest BCUT2D eigenvalue weighted by Crippen LogP contribution is -2.30. The van der Waals surface area contributed by atoms with Gasteiger partial charge in [-0.15, -0.1) is 0 Å². The average molecular weight is 190 g/mol. The summed E-state index contributed by atoms with van der Waals surface area (Å²) in [5, 5.41) is 0. The largest absolute Gasteiger partial charge is 0.327 e. The van der Waals surface area contributed by atoms with Crippen molar-refractivity contribution in [1.82, 2.24) is 0 Å². The minimum absolute atomic E-state index is 0.318. The Morgan fingerprint density at radius 3 is 2.17 bits per heavy atom. The van der Waals surface area contributed by atoms with Gasteiger partial charge in [0.2, 0.25) is 0 Å². The normalized spacial score (nSPS) is 16.5. The van der Waals surface area contributed by atoms with Crippen LogP contribution in [0.4, 0.5) is 0 Å². The molecule has 0 aromatic rings. The van der Waals surface area contributed by atoms with Crippen molar-refractivity contribution in [2.24, 2.45) is 17.4 Å². The minimum atomic E-state index is 0.318. The van der Waals surface area contributed by atoms with Crippen LogP contribution in [0.2, 0.25) is 0 Å². The molecule has 0 aliphatic heterocycles. The van der Waals surface area contributed by atoms with E-state index in [1.165, 1.54) is 0 Å². The second-order valence-electron chi connectivity index (χ2n) is 3.70. The topological polar surface area (TPSA) is 52.0 Å². The molecular weight excluding hydrogens is 168 g/mol. The maximum Gasteiger partial charge on any atom is 0.0130 e. The van der Waals surface area contributed by atoms with Gasteiger partial charge in [0.25, 0.3) is 0 Å². The van der Waals surface area contributed by atoms with E-state index in [0.29, 0.717) is 18.0 Å². The third-order valence-corrected chi connectivity index (χ3v) is 2.87. The molecular formula is C9H22N2S. The first-order valence-corrected chi connectivity index (χ1v) is 5.97. The predicted octanol–water partition coefficient (Wildman–Crippen LogP) is 1.44. The molecule has 0 spiro atoms. The van der Waals surface area contributed by atoms with Crippen molar-refractivity contribution in [2.45, 2.75) is 38.8 Å². The summed E-state index contributed by atoms with van der Waals surface area (Å²) in [5.74, 6) is 1.62. The van der Waals surface area contributed by atoms with Crippen LogP contribution in [0.5, 0.6) is 0 Å². The monoisotopic (exact) mass is 190 g/mol. The highest BCUT2D eigenvalue weighted by atomic mass is 32.2. The van der Waals surface area contributed by atoms with E-state index in [1.807, 2.05) is 0 Å². The van der Waals surface area contributed by atoms with E-state index >= 15 is 0 Å². The Bertz CT molecular complexity index is 107. The van der Waals surface area contributed by atoms with Crippen LogP contribution in [0.3, 0.4) is 0 Å². The molecule has 0 rings (SSSR count). The van der Waals surface area contributed by atoms with Gasteiger partial charge in [0.1, 0.15) is 0 Å². The van der Waals surface area contributed by atoms with Gasteiger partial charge in [0, 0.05) is 17.8 Å². The highest BCUT2D eigenvalue weighted by Gasteiger charge is 2.09. The van der Waals surface area contributed by atoms with Crippen molar-refractivity contribution < 1.29 is 0 Å². The summed E-state index contributed by atoms with van der Waals surface area (Å²) in [4.78, 5) is 0. The zero-order valence-electron chi connectivity index (χ0n) is 8.42. The molecule has 0 fully saturated rings. The van der Waals surface area contributed by atoms with Crippen LogP contribution in [0.1, 0.15) is 26.7 Å². The average Bonchev–Trinajstić information content (AvgIpc) is 2.00. The van der Waals surface area contributed by atoms with E-state index in [1.54, 1.807) is 11.8 Å². The summed E-state index contributed by atoms with van der Waals surface area (Å²) in [7, 11) is 0. The zero-order chi connectivity index (χ0) is 9.56. The second kappa shape index (κ2) is 6.75. The van der Waals surface area contributed by atoms with Crippen molar-refractivity contribution in [1.29, 1.82) is 0 Å². The maximum atomic E-state index is 5.90. The van der Waals surface area contributed by atoms with Crippen LogP contribution in [0, 0.1) is 5.92 Å². The zero-order valence-corrected chi connectivity index (χ0v) is 9.23. The molecule has 0 aromatic heterocycles. The number of hydrogen-bond acceptors (Lipinski definition) is 3. The molecule has 4 N–H and O–H groups in total. The molecule has 2 nitrogen and oxygen atoms in total. The third-order valence-electron chi connectivity index (χ3n) is 2.11. The van der Waals surface area contributed by atoms with Crippen molar-refractivity contribution in [3.05, 3.63) is 0 Å². The summed E-state index contributed by atoms with van der Waals surface area (Å²) < 4.78 is 0. The van der Waals surface area contributed by atoms with E-state index in [-0.39, 0.29) is 0 Å². The highest BCUT2D eigenvalue weighted by molar-refractivity contribution is 7.98. The lowest BCUT2D eigenvalue weighted by molar-refractivity contribution is 0.438. The Balaban J connectivity index is 3.40. The summed E-state index contributed by atoms with van der Waals surface area (Å²) in [5.41, 5.74) is 11.8. The second-order valence-corrected chi connectivity index (χ2v) is 4.61. The van der Waals surface area contributed by atoms with Crippen molar-refractivity contribution in [2.75, 3.05) is 12.0 Å². The minimum Gasteiger partial charge on any atom is -0.327 e. The summed E-state index contributed by atoms with van der Waals surface area (Å²) in [6.45, 7) is 4.32. The molecule has 0 aromatic carbocycles. The highest BCUT2D eigenvalue weighted by Crippen LogP contribution is 2.08. The van der Waals surface area contributed by atoms with Gasteiger partial charge in [-0.1, -0.05) is 13.8 Å². The summed E-state index contributed by atoms with van der Waals surface area (Å²) in [6.07, 6.45) is 4.20. The van der Waals surface area contributed by atoms with E-state index in [2.05, 4.69) is 20.1 Å². The van der Waals surface area contributed by atoms with Gasteiger partial charge >= 0.3 is 0 Å². The molecule has 0 amide bonds. The fraction of sp³-hybridized carbons (Fsp3) is 1.00. The van der Waals surface area contributed by atoms with Crippen LogP contribution in [-0.4, -0.2) is 24.1 Å². The molecule has 0 heterocycles. The molecule has 2 atom stereocenters. The lowest BCUT2D eigenvalue weighted by Gasteiger charge is -2.17. The SMILES string of the molecule is CSC[C@@H](N)CCC(N)C(C)C. The Morgan fingerprint density at radius 1 is 1.17 bits per heavy atom. The molecule has 12 heavy (non-hydrogen) atoms. The van der Waals surface area contributed by atoms with E-state index in [9.17, 15) is 0 Å². The standard InChI is InChI=1S/C9H22N2S/c1-7(2)9(11)5-4-8(10)6-12-3/h7-9H,4-6,10-11H2,1-3H3/t8-,9?/m0/s1. The lowest BCUT2D eigenvalue weighted by atomic mass is 9.98. The Hall–Kier alpha value is 0.270. The van der Waals surface area contributed by atoms with E-state index in [0.717, 1.165) is 18.6 Å². The van der Waals surface area contributed by atoms with Gasteiger partial charge in [-0.3, -0.25) is 0 Å². The summed E-state index contributed by atoms with van der Waals surface area (Å²) >= 11 is 1.80. The Labute approximate surface area is 80.5 Å². The molecule has 0 bridgehead atoms. The molecule has 1 unspecified atom stereocenters. The first-order chi connectivity index (χ1) is 5.57. The van der Waals surface area contributed by atoms with E-state index < -0.39 is 0 Å². The molecule has 0 saturated carbocycles. The smallest absolute Gasteiger partial charge is 0.0130 e. The van der Waals surface area contributed by atoms with Crippen molar-refractivity contribution >= 4 is 11.8 Å². The number of hydrogen-bond donors (Lipinski definition) is 2. The Kier molecular flexibility index (Phi) is 6.90.